The van der Waals surface area contributed by atoms with E-state index in [4.69, 9.17) is 9.47 Å². The number of aliphatic hydroxyl groups excluding tert-OH is 1. The van der Waals surface area contributed by atoms with Gasteiger partial charge in [0.05, 0.1) is 32.3 Å². The van der Waals surface area contributed by atoms with Crippen LogP contribution in [-0.2, 0) is 16.1 Å². The summed E-state index contributed by atoms with van der Waals surface area (Å²) in [5, 5.41) is 9.81. The smallest absolute Gasteiger partial charge is 0.316 e. The Labute approximate surface area is 214 Å². The largest absolute Gasteiger partial charge is 1.00 e. The summed E-state index contributed by atoms with van der Waals surface area (Å²) in [6, 6.07) is 19.0. The van der Waals surface area contributed by atoms with Crippen LogP contribution >= 0.6 is 0 Å². The molecule has 6 heteroatoms. The van der Waals surface area contributed by atoms with E-state index < -0.39 is 5.92 Å². The summed E-state index contributed by atoms with van der Waals surface area (Å²) < 4.78 is 12.8. The molecule has 0 saturated carbocycles. The zero-order valence-corrected chi connectivity index (χ0v) is 22.0. The number of aliphatic hydroxyl groups is 1. The third-order valence-corrected chi connectivity index (χ3v) is 7.74. The molecular formula is C28H38BrNO4. The number of carbonyl (C=O) groups excluding carboxylic acids is 1. The second kappa shape index (κ2) is 12.2. The Morgan fingerprint density at radius 3 is 2.29 bits per heavy atom. The van der Waals surface area contributed by atoms with Crippen LogP contribution < -0.4 is 21.7 Å². The molecule has 0 radical (unpaired) electrons. The summed E-state index contributed by atoms with van der Waals surface area (Å²) >= 11 is 0. The van der Waals surface area contributed by atoms with Crippen molar-refractivity contribution in [2.45, 2.75) is 76.1 Å². The predicted octanol–water partition coefficient (Wildman–Crippen LogP) is 1.83. The Kier molecular flexibility index (Phi) is 9.57. The van der Waals surface area contributed by atoms with Gasteiger partial charge in [-0.05, 0) is 36.2 Å². The maximum absolute atomic E-state index is 12.9. The van der Waals surface area contributed by atoms with Crippen LogP contribution in [0.5, 0.6) is 5.75 Å². The highest BCUT2D eigenvalue weighted by Gasteiger charge is 2.52. The average Bonchev–Trinajstić information content (AvgIpc) is 2.98. The molecule has 2 saturated heterocycles. The first-order chi connectivity index (χ1) is 16.0. The topological polar surface area (TPSA) is 55.8 Å². The van der Waals surface area contributed by atoms with Crippen LogP contribution in [0.1, 0.15) is 62.5 Å². The van der Waals surface area contributed by atoms with Gasteiger partial charge in [-0.1, -0.05) is 43.7 Å². The number of fused-ring (bicyclic) bond motifs is 2. The quantitative estimate of drug-likeness (QED) is 0.288. The Balaban J connectivity index is 0.00000324. The number of piperidine rings is 1. The Bertz CT molecular complexity index is 890. The number of halogens is 1. The minimum Gasteiger partial charge on any atom is -1.00 e. The van der Waals surface area contributed by atoms with Crippen LogP contribution in [-0.4, -0.2) is 54.0 Å². The van der Waals surface area contributed by atoms with E-state index in [0.717, 1.165) is 54.6 Å². The Hall–Kier alpha value is -1.89. The molecule has 2 aliphatic heterocycles. The van der Waals surface area contributed by atoms with Crippen molar-refractivity contribution < 1.29 is 40.8 Å². The Morgan fingerprint density at radius 2 is 1.71 bits per heavy atom. The summed E-state index contributed by atoms with van der Waals surface area (Å²) in [6.45, 7) is 3.71. The van der Waals surface area contributed by atoms with Crippen LogP contribution in [0.2, 0.25) is 0 Å². The van der Waals surface area contributed by atoms with E-state index in [0.29, 0.717) is 12.1 Å². The van der Waals surface area contributed by atoms with Crippen molar-refractivity contribution in [1.82, 2.24) is 0 Å². The number of quaternary nitrogens is 1. The molecule has 2 unspecified atom stereocenters. The third kappa shape index (κ3) is 6.02. The number of unbranched alkanes of at least 4 members (excludes halogenated alkanes) is 1. The molecule has 186 valence electrons. The molecule has 2 fully saturated rings. The third-order valence-electron chi connectivity index (χ3n) is 7.74. The van der Waals surface area contributed by atoms with Gasteiger partial charge in [-0.15, -0.1) is 0 Å². The fourth-order valence-electron chi connectivity index (χ4n) is 5.71. The number of benzene rings is 2. The number of hydrogen-bond acceptors (Lipinski definition) is 4. The molecule has 2 aliphatic rings. The van der Waals surface area contributed by atoms with Crippen LogP contribution in [0.25, 0.3) is 0 Å². The molecule has 0 aromatic heterocycles. The summed E-state index contributed by atoms with van der Waals surface area (Å²) in [7, 11) is 2.37. The molecule has 2 aromatic carbocycles. The molecule has 1 N–H and O–H groups in total. The molecule has 0 aliphatic carbocycles. The van der Waals surface area contributed by atoms with E-state index in [-0.39, 0.29) is 35.7 Å². The molecule has 5 nitrogen and oxygen atoms in total. The van der Waals surface area contributed by atoms with Gasteiger partial charge in [-0.2, -0.15) is 0 Å². The first-order valence-corrected chi connectivity index (χ1v) is 12.5. The predicted molar refractivity (Wildman–Crippen MR) is 129 cm³/mol. The second-order valence-electron chi connectivity index (χ2n) is 9.91. The van der Waals surface area contributed by atoms with E-state index in [1.807, 2.05) is 30.3 Å². The minimum absolute atomic E-state index is 0. The lowest BCUT2D eigenvalue weighted by atomic mass is 9.95. The molecule has 34 heavy (non-hydrogen) atoms. The van der Waals surface area contributed by atoms with Crippen molar-refractivity contribution in [1.29, 1.82) is 0 Å². The lowest BCUT2D eigenvalue weighted by molar-refractivity contribution is -0.961. The molecule has 2 bridgehead atoms. The number of ether oxygens (including phenoxy) is 2. The van der Waals surface area contributed by atoms with Crippen molar-refractivity contribution in [3.63, 3.8) is 0 Å². The van der Waals surface area contributed by atoms with Gasteiger partial charge in [-0.3, -0.25) is 4.79 Å². The minimum atomic E-state index is -0.607. The molecule has 0 spiro atoms. The highest BCUT2D eigenvalue weighted by molar-refractivity contribution is 5.78. The van der Waals surface area contributed by atoms with Gasteiger partial charge in [0.1, 0.15) is 24.3 Å². The van der Waals surface area contributed by atoms with E-state index >= 15 is 0 Å². The van der Waals surface area contributed by atoms with E-state index in [1.165, 1.54) is 18.4 Å². The fourth-order valence-corrected chi connectivity index (χ4v) is 5.71. The summed E-state index contributed by atoms with van der Waals surface area (Å²) in [5.41, 5.74) is 2.14. The molecule has 2 aromatic rings. The van der Waals surface area contributed by atoms with Crippen LogP contribution in [0.4, 0.5) is 0 Å². The number of nitrogens with zero attached hydrogens (tertiary/aromatic N) is 1. The molecular weight excluding hydrogens is 494 g/mol. The lowest BCUT2D eigenvalue weighted by Gasteiger charge is -2.47. The highest BCUT2D eigenvalue weighted by Crippen LogP contribution is 2.43. The summed E-state index contributed by atoms with van der Waals surface area (Å²) in [6.07, 6.45) is 6.29. The zero-order valence-electron chi connectivity index (χ0n) is 20.4. The van der Waals surface area contributed by atoms with Gasteiger partial charge in [0.2, 0.25) is 0 Å². The van der Waals surface area contributed by atoms with Crippen LogP contribution in [0, 0.1) is 0 Å². The number of carbonyl (C=O) groups is 1. The Morgan fingerprint density at radius 1 is 1.06 bits per heavy atom. The first-order valence-electron chi connectivity index (χ1n) is 12.5. The molecule has 0 amide bonds. The van der Waals surface area contributed by atoms with Gasteiger partial charge < -0.3 is 36.0 Å². The fraction of sp³-hybridized carbons (Fsp3) is 0.536. The van der Waals surface area contributed by atoms with Gasteiger partial charge in [-0.25, -0.2) is 0 Å². The number of rotatable bonds is 10. The van der Waals surface area contributed by atoms with Crippen LogP contribution in [0.15, 0.2) is 54.6 Å². The monoisotopic (exact) mass is 531 g/mol. The lowest BCUT2D eigenvalue weighted by Crippen LogP contribution is -3.00. The summed E-state index contributed by atoms with van der Waals surface area (Å²) in [5.74, 6) is 0.0351. The van der Waals surface area contributed by atoms with Crippen molar-refractivity contribution in [3.05, 3.63) is 65.7 Å². The number of esters is 1. The maximum atomic E-state index is 12.9. The highest BCUT2D eigenvalue weighted by atomic mass is 79.9. The normalized spacial score (nSPS) is 26.4. The van der Waals surface area contributed by atoms with Crippen molar-refractivity contribution in [3.8, 4) is 5.75 Å². The summed E-state index contributed by atoms with van der Waals surface area (Å²) in [4.78, 5) is 12.9. The van der Waals surface area contributed by atoms with E-state index in [1.54, 1.807) is 0 Å². The van der Waals surface area contributed by atoms with Crippen LogP contribution in [0.3, 0.4) is 0 Å². The van der Waals surface area contributed by atoms with Crippen molar-refractivity contribution >= 4 is 5.97 Å². The molecule has 5 atom stereocenters. The van der Waals surface area contributed by atoms with Gasteiger partial charge in [0, 0.05) is 31.2 Å². The second-order valence-corrected chi connectivity index (χ2v) is 9.91. The zero-order chi connectivity index (χ0) is 23.3. The standard InChI is InChI=1S/C28H38NO4.BrH/c1-3-4-16-32-25-14-10-21(11-15-25)19-29(2)23-12-13-24(29)18-26(17-23)33-28(31)27(20-30)22-8-6-5-7-9-22;/h5-11,14-15,23-24,26-27,30H,3-4,12-13,16-20H2,1-2H3;1H/q+1;/p-1/t23-,24+,26+,27?,29?;. The van der Waals surface area contributed by atoms with E-state index in [2.05, 4.69) is 38.2 Å². The van der Waals surface area contributed by atoms with Gasteiger partial charge >= 0.3 is 5.97 Å². The van der Waals surface area contributed by atoms with Crippen molar-refractivity contribution in [2.24, 2.45) is 0 Å². The average molecular weight is 533 g/mol. The molecule has 2 heterocycles. The van der Waals surface area contributed by atoms with Crippen molar-refractivity contribution in [2.75, 3.05) is 20.3 Å². The van der Waals surface area contributed by atoms with Gasteiger partial charge in [0.25, 0.3) is 0 Å². The first kappa shape index (κ1) is 26.7. The maximum Gasteiger partial charge on any atom is 0.316 e. The molecule has 4 rings (SSSR count). The van der Waals surface area contributed by atoms with Gasteiger partial charge in [0.15, 0.2) is 0 Å². The number of hydrogen-bond donors (Lipinski definition) is 1. The SMILES string of the molecule is CCCCOc1ccc(C[N+]2(C)[C@@H]3CC[C@H]2C[C@@H](OC(=O)C(CO)c2ccccc2)C3)cc1.[Br-]. The van der Waals surface area contributed by atoms with E-state index in [9.17, 15) is 9.90 Å².